The van der Waals surface area contributed by atoms with Crippen molar-refractivity contribution in [2.45, 2.75) is 0 Å². The van der Waals surface area contributed by atoms with Crippen molar-refractivity contribution >= 4 is 16.3 Å². The maximum Gasteiger partial charge on any atom is 0.101 e. The summed E-state index contributed by atoms with van der Waals surface area (Å²) in [7, 11) is 0. The first kappa shape index (κ1) is 39.7. The molecule has 3 nitrogen and oxygen atoms in total. The summed E-state index contributed by atoms with van der Waals surface area (Å²) in [5.41, 5.74) is 20.9. The minimum Gasteiger partial charge on any atom is -0.248 e. The van der Waals surface area contributed by atoms with Crippen molar-refractivity contribution in [2.75, 3.05) is 0 Å². The highest BCUT2D eigenvalue weighted by Crippen LogP contribution is 2.42. The fourth-order valence-corrected chi connectivity index (χ4v) is 9.39. The van der Waals surface area contributed by atoms with E-state index in [2.05, 4.69) is 265 Å². The average molecular weight is 854 g/mol. The molecule has 0 aliphatic heterocycles. The van der Waals surface area contributed by atoms with Crippen LogP contribution in [0.15, 0.2) is 261 Å². The molecule has 314 valence electrons. The minimum atomic E-state index is 0.934. The zero-order valence-corrected chi connectivity index (χ0v) is 36.7. The lowest BCUT2D eigenvalue weighted by molar-refractivity contribution is 0.979. The van der Waals surface area contributed by atoms with Gasteiger partial charge in [-0.3, -0.25) is 0 Å². The molecule has 0 amide bonds. The van der Waals surface area contributed by atoms with Gasteiger partial charge in [0.15, 0.2) is 0 Å². The van der Waals surface area contributed by atoms with E-state index in [1.54, 1.807) is 0 Å². The Kier molecular flexibility index (Phi) is 10.2. The number of fused-ring (bicyclic) bond motifs is 3. The highest BCUT2D eigenvalue weighted by Gasteiger charge is 2.22. The third kappa shape index (κ3) is 7.69. The standard InChI is InChI=1S/C64H43N3/c1-6-16-44(17-7-1)46-30-34-50(35-31-46)59-41-56(42-60(65-59)51-36-32-47(33-37-51)45-18-8-2-9-19-45)49-28-26-48(27-29-49)55-38-39-58-57(40-55)43-61(52-20-10-3-11-21-52)67-64(58)62(53-22-12-4-13-23-53)63(66-67)54-24-14-5-15-25-54/h1-43H. The predicted molar refractivity (Wildman–Crippen MR) is 279 cm³/mol. The Morgan fingerprint density at radius 2 is 0.642 bits per heavy atom. The Morgan fingerprint density at radius 1 is 0.269 bits per heavy atom. The summed E-state index contributed by atoms with van der Waals surface area (Å²) in [4.78, 5) is 5.29. The van der Waals surface area contributed by atoms with Crippen LogP contribution < -0.4 is 0 Å². The molecule has 0 atom stereocenters. The summed E-state index contributed by atoms with van der Waals surface area (Å²) in [5.74, 6) is 0. The minimum absolute atomic E-state index is 0.934. The molecule has 3 heterocycles. The molecule has 3 heteroatoms. The van der Waals surface area contributed by atoms with Crippen LogP contribution in [0.1, 0.15) is 0 Å². The largest absolute Gasteiger partial charge is 0.248 e. The molecule has 0 saturated heterocycles. The fraction of sp³-hybridized carbons (Fsp3) is 0. The molecule has 0 aliphatic rings. The molecule has 12 rings (SSSR count). The summed E-state index contributed by atoms with van der Waals surface area (Å²) < 4.78 is 2.16. The second-order valence-electron chi connectivity index (χ2n) is 17.0. The molecule has 0 N–H and O–H groups in total. The molecule has 0 aliphatic carbocycles. The van der Waals surface area contributed by atoms with Crippen LogP contribution in [0.2, 0.25) is 0 Å². The number of aromatic nitrogens is 3. The molecule has 67 heavy (non-hydrogen) atoms. The molecule has 9 aromatic carbocycles. The molecule has 0 bridgehead atoms. The molecular weight excluding hydrogens is 811 g/mol. The van der Waals surface area contributed by atoms with Crippen LogP contribution >= 0.6 is 0 Å². The van der Waals surface area contributed by atoms with Crippen molar-refractivity contribution < 1.29 is 0 Å². The van der Waals surface area contributed by atoms with Crippen LogP contribution in [0, 0.1) is 0 Å². The number of hydrogen-bond acceptors (Lipinski definition) is 2. The zero-order valence-electron chi connectivity index (χ0n) is 36.7. The van der Waals surface area contributed by atoms with Gasteiger partial charge in [0.2, 0.25) is 0 Å². The predicted octanol–water partition coefficient (Wildman–Crippen LogP) is 16.9. The lowest BCUT2D eigenvalue weighted by atomic mass is 9.94. The van der Waals surface area contributed by atoms with Crippen LogP contribution in [-0.4, -0.2) is 14.6 Å². The number of hydrogen-bond donors (Lipinski definition) is 0. The molecule has 12 aromatic rings. The highest BCUT2D eigenvalue weighted by atomic mass is 15.2. The molecule has 0 radical (unpaired) electrons. The maximum absolute atomic E-state index is 5.40. The lowest BCUT2D eigenvalue weighted by Gasteiger charge is -2.13. The van der Waals surface area contributed by atoms with E-state index < -0.39 is 0 Å². The normalized spacial score (nSPS) is 11.3. The van der Waals surface area contributed by atoms with Gasteiger partial charge in [0.1, 0.15) is 5.69 Å². The monoisotopic (exact) mass is 853 g/mol. The molecule has 0 spiro atoms. The molecule has 0 unspecified atom stereocenters. The van der Waals surface area contributed by atoms with Gasteiger partial charge in [-0.05, 0) is 79.7 Å². The first-order chi connectivity index (χ1) is 33.2. The second kappa shape index (κ2) is 17.2. The Labute approximate surface area is 390 Å². The van der Waals surface area contributed by atoms with Gasteiger partial charge in [0, 0.05) is 33.2 Å². The first-order valence-corrected chi connectivity index (χ1v) is 22.8. The van der Waals surface area contributed by atoms with Gasteiger partial charge in [0.05, 0.1) is 22.6 Å². The van der Waals surface area contributed by atoms with Gasteiger partial charge < -0.3 is 0 Å². The quantitative estimate of drug-likeness (QED) is 0.145. The van der Waals surface area contributed by atoms with E-state index in [9.17, 15) is 0 Å². The van der Waals surface area contributed by atoms with Gasteiger partial charge >= 0.3 is 0 Å². The maximum atomic E-state index is 5.40. The van der Waals surface area contributed by atoms with Crippen molar-refractivity contribution in [3.8, 4) is 101 Å². The number of rotatable bonds is 9. The number of nitrogens with zero attached hydrogens (tertiary/aromatic N) is 3. The van der Waals surface area contributed by atoms with E-state index in [-0.39, 0.29) is 0 Å². The molecule has 0 fully saturated rings. The van der Waals surface area contributed by atoms with Gasteiger partial charge in [-0.1, -0.05) is 237 Å². The molecule has 3 aromatic heterocycles. The molecule has 0 saturated carbocycles. The zero-order chi connectivity index (χ0) is 44.5. The average Bonchev–Trinajstić information content (AvgIpc) is 3.83. The Bertz CT molecular complexity index is 3560. The summed E-state index contributed by atoms with van der Waals surface area (Å²) >= 11 is 0. The van der Waals surface area contributed by atoms with E-state index in [0.29, 0.717) is 0 Å². The highest BCUT2D eigenvalue weighted by molar-refractivity contribution is 6.09. The summed E-state index contributed by atoms with van der Waals surface area (Å²) in [6.07, 6.45) is 0. The topological polar surface area (TPSA) is 30.2 Å². The lowest BCUT2D eigenvalue weighted by Crippen LogP contribution is -1.96. The van der Waals surface area contributed by atoms with Crippen LogP contribution in [0.5, 0.6) is 0 Å². The summed E-state index contributed by atoms with van der Waals surface area (Å²) in [6, 6.07) is 93.0. The van der Waals surface area contributed by atoms with Crippen LogP contribution in [0.3, 0.4) is 0 Å². The summed E-state index contributed by atoms with van der Waals surface area (Å²) in [6.45, 7) is 0. The number of pyridine rings is 2. The van der Waals surface area contributed by atoms with Crippen molar-refractivity contribution in [1.82, 2.24) is 14.6 Å². The Balaban J connectivity index is 0.956. The van der Waals surface area contributed by atoms with Crippen LogP contribution in [-0.2, 0) is 0 Å². The molecular formula is C64H43N3. The van der Waals surface area contributed by atoms with E-state index in [4.69, 9.17) is 10.1 Å². The van der Waals surface area contributed by atoms with Crippen molar-refractivity contribution in [2.24, 2.45) is 0 Å². The third-order valence-electron chi connectivity index (χ3n) is 12.8. The third-order valence-corrected chi connectivity index (χ3v) is 12.8. The van der Waals surface area contributed by atoms with E-state index in [1.807, 2.05) is 0 Å². The SMILES string of the molecule is c1ccc(-c2ccc(-c3cc(-c4ccc(-c5ccc6c(c5)cc(-c5ccccc5)n5nc(-c7ccccc7)c(-c7ccccc7)c65)cc4)cc(-c4ccc(-c5ccccc5)cc4)n3)cc2)cc1. The van der Waals surface area contributed by atoms with E-state index >= 15 is 0 Å². The van der Waals surface area contributed by atoms with E-state index in [0.717, 1.165) is 94.7 Å². The fourth-order valence-electron chi connectivity index (χ4n) is 9.39. The van der Waals surface area contributed by atoms with Gasteiger partial charge in [-0.2, -0.15) is 5.10 Å². The van der Waals surface area contributed by atoms with Crippen molar-refractivity contribution in [1.29, 1.82) is 0 Å². The second-order valence-corrected chi connectivity index (χ2v) is 17.0. The van der Waals surface area contributed by atoms with Crippen LogP contribution in [0.4, 0.5) is 0 Å². The van der Waals surface area contributed by atoms with Gasteiger partial charge in [-0.25, -0.2) is 9.50 Å². The van der Waals surface area contributed by atoms with Gasteiger partial charge in [-0.15, -0.1) is 0 Å². The number of benzene rings is 9. The summed E-state index contributed by atoms with van der Waals surface area (Å²) in [5, 5.41) is 7.71. The van der Waals surface area contributed by atoms with Crippen molar-refractivity contribution in [3.05, 3.63) is 261 Å². The van der Waals surface area contributed by atoms with E-state index in [1.165, 1.54) is 22.3 Å². The van der Waals surface area contributed by atoms with Gasteiger partial charge in [0.25, 0.3) is 0 Å². The van der Waals surface area contributed by atoms with Crippen LogP contribution in [0.25, 0.3) is 117 Å². The Hall–Kier alpha value is -8.92. The first-order valence-electron chi connectivity index (χ1n) is 22.8. The van der Waals surface area contributed by atoms with Crippen molar-refractivity contribution in [3.63, 3.8) is 0 Å². The Morgan fingerprint density at radius 3 is 1.13 bits per heavy atom. The smallest absolute Gasteiger partial charge is 0.101 e.